The molecule has 0 aliphatic carbocycles. The fraction of sp³-hybridized carbons (Fsp3) is 0. The van der Waals surface area contributed by atoms with Crippen molar-refractivity contribution >= 4 is 22.2 Å². The van der Waals surface area contributed by atoms with Crippen molar-refractivity contribution in [3.63, 3.8) is 0 Å². The third-order valence-corrected chi connectivity index (χ3v) is 2.83. The average molecular weight is 247 g/mol. The molecular formula is C11H6FN3OS. The lowest BCUT2D eigenvalue weighted by atomic mass is 10.2. The number of nitriles is 1. The first-order valence-electron chi connectivity index (χ1n) is 4.61. The first-order chi connectivity index (χ1) is 8.20. The Morgan fingerprint density at radius 3 is 2.94 bits per heavy atom. The lowest BCUT2D eigenvalue weighted by Crippen LogP contribution is -2.12. The topological polar surface area (TPSA) is 65.8 Å². The number of pyridine rings is 1. The van der Waals surface area contributed by atoms with E-state index in [2.05, 4.69) is 10.3 Å². The second-order valence-corrected chi connectivity index (χ2v) is 4.02. The highest BCUT2D eigenvalue weighted by molar-refractivity contribution is 7.14. The number of hydrogen-bond acceptors (Lipinski definition) is 4. The number of aromatic nitrogens is 1. The number of carbonyl (C=O) groups is 1. The maximum absolute atomic E-state index is 12.6. The van der Waals surface area contributed by atoms with Crippen LogP contribution in [0.1, 0.15) is 15.9 Å². The third kappa shape index (κ3) is 2.46. The molecule has 2 rings (SSSR count). The van der Waals surface area contributed by atoms with Crippen molar-refractivity contribution < 1.29 is 9.18 Å². The van der Waals surface area contributed by atoms with Crippen molar-refractivity contribution in [1.82, 2.24) is 4.98 Å². The van der Waals surface area contributed by atoms with E-state index in [1.54, 1.807) is 11.4 Å². The summed E-state index contributed by atoms with van der Waals surface area (Å²) in [6, 6.07) is 6.01. The number of anilines is 1. The van der Waals surface area contributed by atoms with E-state index >= 15 is 0 Å². The second kappa shape index (κ2) is 4.72. The zero-order chi connectivity index (χ0) is 12.3. The van der Waals surface area contributed by atoms with E-state index in [0.717, 1.165) is 12.3 Å². The molecule has 1 N–H and O–H groups in total. The highest BCUT2D eigenvalue weighted by Crippen LogP contribution is 2.22. The number of thiophene rings is 1. The van der Waals surface area contributed by atoms with Gasteiger partial charge in [-0.2, -0.15) is 9.65 Å². The lowest BCUT2D eigenvalue weighted by Gasteiger charge is -2.02. The van der Waals surface area contributed by atoms with Crippen molar-refractivity contribution in [2.45, 2.75) is 0 Å². The van der Waals surface area contributed by atoms with Crippen LogP contribution in [0.4, 0.5) is 9.39 Å². The number of nitrogens with one attached hydrogen (secondary N) is 1. The van der Waals surface area contributed by atoms with Gasteiger partial charge in [0.1, 0.15) is 11.1 Å². The maximum atomic E-state index is 12.6. The Morgan fingerprint density at radius 1 is 1.47 bits per heavy atom. The molecule has 2 aromatic rings. The van der Waals surface area contributed by atoms with Gasteiger partial charge in [0.2, 0.25) is 5.95 Å². The standard InChI is InChI=1S/C11H6FN3OS/c12-9-2-1-8(6-14-9)10(16)15-11-7(5-13)3-4-17-11/h1-4,6H,(H,15,16). The van der Waals surface area contributed by atoms with Gasteiger partial charge in [-0.05, 0) is 23.6 Å². The van der Waals surface area contributed by atoms with Crippen molar-refractivity contribution in [3.05, 3.63) is 46.9 Å². The highest BCUT2D eigenvalue weighted by atomic mass is 32.1. The molecule has 0 radical (unpaired) electrons. The van der Waals surface area contributed by atoms with Crippen molar-refractivity contribution in [2.75, 3.05) is 5.32 Å². The van der Waals surface area contributed by atoms with Gasteiger partial charge in [-0.15, -0.1) is 11.3 Å². The smallest absolute Gasteiger partial charge is 0.257 e. The molecule has 0 bridgehead atoms. The van der Waals surface area contributed by atoms with Crippen LogP contribution in [-0.2, 0) is 0 Å². The quantitative estimate of drug-likeness (QED) is 0.829. The van der Waals surface area contributed by atoms with E-state index in [-0.39, 0.29) is 5.56 Å². The van der Waals surface area contributed by atoms with Crippen LogP contribution in [0.2, 0.25) is 0 Å². The largest absolute Gasteiger partial charge is 0.312 e. The van der Waals surface area contributed by atoms with E-state index in [1.165, 1.54) is 17.4 Å². The van der Waals surface area contributed by atoms with Gasteiger partial charge >= 0.3 is 0 Å². The average Bonchev–Trinajstić information content (AvgIpc) is 2.77. The number of amides is 1. The van der Waals surface area contributed by atoms with Crippen LogP contribution < -0.4 is 5.32 Å². The summed E-state index contributed by atoms with van der Waals surface area (Å²) in [7, 11) is 0. The molecule has 0 aliphatic heterocycles. The third-order valence-electron chi connectivity index (χ3n) is 2.00. The predicted octanol–water partition coefficient (Wildman–Crippen LogP) is 2.41. The Hall–Kier alpha value is -2.26. The van der Waals surface area contributed by atoms with Gasteiger partial charge in [0.25, 0.3) is 5.91 Å². The van der Waals surface area contributed by atoms with Crippen molar-refractivity contribution in [3.8, 4) is 6.07 Å². The fourth-order valence-corrected chi connectivity index (χ4v) is 1.91. The van der Waals surface area contributed by atoms with Crippen LogP contribution in [0.5, 0.6) is 0 Å². The van der Waals surface area contributed by atoms with Gasteiger partial charge in [-0.3, -0.25) is 4.79 Å². The Balaban J connectivity index is 2.18. The van der Waals surface area contributed by atoms with Crippen LogP contribution in [-0.4, -0.2) is 10.9 Å². The molecule has 0 saturated heterocycles. The zero-order valence-electron chi connectivity index (χ0n) is 8.48. The first kappa shape index (κ1) is 11.2. The van der Waals surface area contributed by atoms with Crippen LogP contribution >= 0.6 is 11.3 Å². The number of halogens is 1. The van der Waals surface area contributed by atoms with Crippen molar-refractivity contribution in [2.24, 2.45) is 0 Å². The second-order valence-electron chi connectivity index (χ2n) is 3.10. The van der Waals surface area contributed by atoms with Gasteiger partial charge < -0.3 is 5.32 Å². The SMILES string of the molecule is N#Cc1ccsc1NC(=O)c1ccc(F)nc1. The minimum absolute atomic E-state index is 0.240. The highest BCUT2D eigenvalue weighted by Gasteiger charge is 2.10. The molecule has 0 fully saturated rings. The summed E-state index contributed by atoms with van der Waals surface area (Å²) in [5, 5.41) is 13.5. The summed E-state index contributed by atoms with van der Waals surface area (Å²) in [6.45, 7) is 0. The predicted molar refractivity (Wildman–Crippen MR) is 61.2 cm³/mol. The molecule has 0 saturated carbocycles. The summed E-state index contributed by atoms with van der Waals surface area (Å²) >= 11 is 1.25. The van der Waals surface area contributed by atoms with Gasteiger partial charge in [-0.25, -0.2) is 4.98 Å². The number of carbonyl (C=O) groups excluding carboxylic acids is 1. The van der Waals surface area contributed by atoms with Crippen LogP contribution in [0.3, 0.4) is 0 Å². The normalized spacial score (nSPS) is 9.65. The van der Waals surface area contributed by atoms with Gasteiger partial charge in [-0.1, -0.05) is 0 Å². The monoisotopic (exact) mass is 247 g/mol. The van der Waals surface area contributed by atoms with Gasteiger partial charge in [0, 0.05) is 6.20 Å². The molecule has 6 heteroatoms. The molecule has 17 heavy (non-hydrogen) atoms. The Morgan fingerprint density at radius 2 is 2.29 bits per heavy atom. The molecule has 4 nitrogen and oxygen atoms in total. The van der Waals surface area contributed by atoms with Crippen molar-refractivity contribution in [1.29, 1.82) is 5.26 Å². The molecule has 0 atom stereocenters. The molecule has 0 spiro atoms. The summed E-state index contributed by atoms with van der Waals surface area (Å²) in [5.41, 5.74) is 0.641. The minimum atomic E-state index is -0.643. The Kier molecular flexibility index (Phi) is 3.12. The minimum Gasteiger partial charge on any atom is -0.312 e. The van der Waals surface area contributed by atoms with E-state index in [9.17, 15) is 9.18 Å². The molecule has 2 aromatic heterocycles. The Bertz CT molecular complexity index is 586. The van der Waals surface area contributed by atoms with E-state index < -0.39 is 11.9 Å². The Labute approximate surface area is 100 Å². The van der Waals surface area contributed by atoms with Crippen LogP contribution in [0.25, 0.3) is 0 Å². The van der Waals surface area contributed by atoms with E-state index in [4.69, 9.17) is 5.26 Å². The molecule has 0 aliphatic rings. The summed E-state index contributed by atoms with van der Waals surface area (Å²) in [4.78, 5) is 15.1. The summed E-state index contributed by atoms with van der Waals surface area (Å²) in [6.07, 6.45) is 1.14. The summed E-state index contributed by atoms with van der Waals surface area (Å²) in [5.74, 6) is -1.06. The van der Waals surface area contributed by atoms with Crippen LogP contribution in [0.15, 0.2) is 29.8 Å². The lowest BCUT2D eigenvalue weighted by molar-refractivity contribution is 0.102. The number of hydrogen-bond donors (Lipinski definition) is 1. The first-order valence-corrected chi connectivity index (χ1v) is 5.49. The van der Waals surface area contributed by atoms with Gasteiger partial charge in [0.05, 0.1) is 11.1 Å². The molecule has 0 unspecified atom stereocenters. The van der Waals surface area contributed by atoms with E-state index in [1.807, 2.05) is 6.07 Å². The molecule has 1 amide bonds. The zero-order valence-corrected chi connectivity index (χ0v) is 9.29. The van der Waals surface area contributed by atoms with Gasteiger partial charge in [0.15, 0.2) is 0 Å². The molecule has 0 aromatic carbocycles. The van der Waals surface area contributed by atoms with Crippen LogP contribution in [0, 0.1) is 17.3 Å². The number of rotatable bonds is 2. The maximum Gasteiger partial charge on any atom is 0.257 e. The summed E-state index contributed by atoms with van der Waals surface area (Å²) < 4.78 is 12.6. The fourth-order valence-electron chi connectivity index (χ4n) is 1.18. The molecular weight excluding hydrogens is 241 g/mol. The van der Waals surface area contributed by atoms with E-state index in [0.29, 0.717) is 10.6 Å². The molecule has 2 heterocycles. The number of nitrogens with zero attached hydrogens (tertiary/aromatic N) is 2. The molecule has 84 valence electrons.